The van der Waals surface area contributed by atoms with E-state index in [2.05, 4.69) is 26.1 Å². The number of rotatable bonds is 4. The van der Waals surface area contributed by atoms with Crippen LogP contribution in [0.25, 0.3) is 11.0 Å². The average Bonchev–Trinajstić information content (AvgIpc) is 2.73. The zero-order valence-electron chi connectivity index (χ0n) is 12.3. The normalized spacial score (nSPS) is 16.1. The van der Waals surface area contributed by atoms with E-state index < -0.39 is 10.0 Å². The summed E-state index contributed by atoms with van der Waals surface area (Å²) in [5.41, 5.74) is 2.48. The molecule has 1 aliphatic rings. The predicted molar refractivity (Wildman–Crippen MR) is 83.8 cm³/mol. The van der Waals surface area contributed by atoms with Crippen LogP contribution >= 0.6 is 0 Å². The molecule has 0 aliphatic carbocycles. The highest BCUT2D eigenvalue weighted by molar-refractivity contribution is 7.92. The number of benzene rings is 1. The van der Waals surface area contributed by atoms with E-state index in [1.165, 1.54) is 0 Å². The van der Waals surface area contributed by atoms with E-state index in [1.54, 1.807) is 12.1 Å². The molecule has 7 heteroatoms. The van der Waals surface area contributed by atoms with Crippen molar-refractivity contribution in [2.24, 2.45) is 0 Å². The molecule has 0 fully saturated rings. The molecular formula is C14H20N4O2S. The third kappa shape index (κ3) is 3.03. The van der Waals surface area contributed by atoms with Crippen LogP contribution < -0.4 is 4.72 Å². The van der Waals surface area contributed by atoms with Crippen LogP contribution in [0.15, 0.2) is 18.2 Å². The van der Waals surface area contributed by atoms with Gasteiger partial charge in [-0.2, -0.15) is 0 Å². The van der Waals surface area contributed by atoms with Gasteiger partial charge in [0.15, 0.2) is 0 Å². The fourth-order valence-corrected chi connectivity index (χ4v) is 3.41. The zero-order valence-corrected chi connectivity index (χ0v) is 13.2. The van der Waals surface area contributed by atoms with E-state index in [9.17, 15) is 8.42 Å². The lowest BCUT2D eigenvalue weighted by molar-refractivity contribution is 0.219. The lowest BCUT2D eigenvalue weighted by atomic mass is 10.2. The third-order valence-electron chi connectivity index (χ3n) is 3.68. The number of anilines is 1. The second-order valence-electron chi connectivity index (χ2n) is 5.53. The van der Waals surface area contributed by atoms with Gasteiger partial charge < -0.3 is 4.57 Å². The first kappa shape index (κ1) is 14.3. The molecule has 21 heavy (non-hydrogen) atoms. The van der Waals surface area contributed by atoms with E-state index in [0.29, 0.717) is 5.69 Å². The minimum atomic E-state index is -3.26. The molecule has 1 aromatic carbocycles. The lowest BCUT2D eigenvalue weighted by Gasteiger charge is -2.27. The minimum absolute atomic E-state index is 0.561. The van der Waals surface area contributed by atoms with Crippen LogP contribution in [0.5, 0.6) is 0 Å². The van der Waals surface area contributed by atoms with Crippen LogP contribution in [-0.2, 0) is 23.1 Å². The number of aromatic nitrogens is 2. The molecule has 0 atom stereocenters. The molecule has 0 radical (unpaired) electrons. The van der Waals surface area contributed by atoms with Crippen LogP contribution in [-0.4, -0.2) is 42.2 Å². The van der Waals surface area contributed by atoms with E-state index in [0.717, 1.165) is 55.7 Å². The molecular weight excluding hydrogens is 288 g/mol. The second-order valence-corrected chi connectivity index (χ2v) is 7.28. The summed E-state index contributed by atoms with van der Waals surface area (Å²) in [7, 11) is -3.26. The molecule has 1 N–H and O–H groups in total. The molecule has 114 valence electrons. The number of nitrogens with zero attached hydrogens (tertiary/aromatic N) is 3. The Balaban J connectivity index is 1.94. The van der Waals surface area contributed by atoms with Crippen molar-refractivity contribution < 1.29 is 8.42 Å². The number of imidazole rings is 1. The topological polar surface area (TPSA) is 67.2 Å². The van der Waals surface area contributed by atoms with Crippen LogP contribution in [0.2, 0.25) is 0 Å². The Labute approximate surface area is 124 Å². The van der Waals surface area contributed by atoms with Crippen molar-refractivity contribution in [2.45, 2.75) is 26.4 Å². The molecule has 6 nitrogen and oxygen atoms in total. The van der Waals surface area contributed by atoms with Crippen molar-refractivity contribution in [2.75, 3.05) is 24.1 Å². The summed E-state index contributed by atoms with van der Waals surface area (Å²) in [6.45, 7) is 6.10. The molecule has 0 spiro atoms. The Kier molecular flexibility index (Phi) is 3.62. The first-order valence-corrected chi connectivity index (χ1v) is 9.05. The maximum Gasteiger partial charge on any atom is 0.229 e. The van der Waals surface area contributed by atoms with Gasteiger partial charge in [0, 0.05) is 13.1 Å². The van der Waals surface area contributed by atoms with Gasteiger partial charge in [-0.3, -0.25) is 9.62 Å². The zero-order chi connectivity index (χ0) is 15.0. The van der Waals surface area contributed by atoms with Gasteiger partial charge in [-0.25, -0.2) is 13.4 Å². The molecule has 2 heterocycles. The van der Waals surface area contributed by atoms with Gasteiger partial charge >= 0.3 is 0 Å². The van der Waals surface area contributed by atoms with E-state index in [1.807, 2.05) is 6.07 Å². The van der Waals surface area contributed by atoms with Gasteiger partial charge in [0.25, 0.3) is 0 Å². The maximum atomic E-state index is 11.3. The first-order valence-electron chi connectivity index (χ1n) is 7.15. The van der Waals surface area contributed by atoms with Crippen LogP contribution in [0.3, 0.4) is 0 Å². The number of fused-ring (bicyclic) bond motifs is 3. The highest BCUT2D eigenvalue weighted by atomic mass is 32.2. The minimum Gasteiger partial charge on any atom is -0.326 e. The Morgan fingerprint density at radius 2 is 2.14 bits per heavy atom. The fraction of sp³-hybridized carbons (Fsp3) is 0.500. The summed E-state index contributed by atoms with van der Waals surface area (Å²) >= 11 is 0. The van der Waals surface area contributed by atoms with Gasteiger partial charge in [-0.15, -0.1) is 0 Å². The average molecular weight is 308 g/mol. The SMILES string of the molecule is CCCN1CCn2c(nc3cc(NS(C)(=O)=O)ccc32)C1. The van der Waals surface area contributed by atoms with Gasteiger partial charge in [0.1, 0.15) is 5.82 Å². The van der Waals surface area contributed by atoms with Crippen molar-refractivity contribution in [1.29, 1.82) is 0 Å². The monoisotopic (exact) mass is 308 g/mol. The summed E-state index contributed by atoms with van der Waals surface area (Å²) in [5.74, 6) is 1.06. The standard InChI is InChI=1S/C14H20N4O2S/c1-3-6-17-7-8-18-13-5-4-11(16-21(2,19)20)9-12(13)15-14(18)10-17/h4-5,9,16H,3,6-8,10H2,1-2H3. The van der Waals surface area contributed by atoms with E-state index in [4.69, 9.17) is 0 Å². The Morgan fingerprint density at radius 3 is 2.86 bits per heavy atom. The Morgan fingerprint density at radius 1 is 1.33 bits per heavy atom. The highest BCUT2D eigenvalue weighted by Crippen LogP contribution is 2.24. The molecule has 0 unspecified atom stereocenters. The van der Waals surface area contributed by atoms with Crippen molar-refractivity contribution >= 4 is 26.7 Å². The summed E-state index contributed by atoms with van der Waals surface area (Å²) in [6.07, 6.45) is 2.29. The quantitative estimate of drug-likeness (QED) is 0.932. The molecule has 2 aromatic rings. The predicted octanol–water partition coefficient (Wildman–Crippen LogP) is 1.63. The second kappa shape index (κ2) is 5.31. The fourth-order valence-electron chi connectivity index (χ4n) is 2.86. The number of hydrogen-bond acceptors (Lipinski definition) is 4. The van der Waals surface area contributed by atoms with Crippen LogP contribution in [0.4, 0.5) is 5.69 Å². The number of hydrogen-bond donors (Lipinski definition) is 1. The van der Waals surface area contributed by atoms with Crippen LogP contribution in [0, 0.1) is 0 Å². The Bertz CT molecular complexity index is 767. The van der Waals surface area contributed by atoms with Crippen molar-refractivity contribution in [1.82, 2.24) is 14.5 Å². The third-order valence-corrected chi connectivity index (χ3v) is 4.28. The van der Waals surface area contributed by atoms with Gasteiger partial charge in [-0.1, -0.05) is 6.92 Å². The van der Waals surface area contributed by atoms with E-state index >= 15 is 0 Å². The summed E-state index contributed by atoms with van der Waals surface area (Å²) in [6, 6.07) is 5.53. The van der Waals surface area contributed by atoms with Gasteiger partial charge in [0.05, 0.1) is 29.5 Å². The smallest absolute Gasteiger partial charge is 0.229 e. The van der Waals surface area contributed by atoms with Crippen molar-refractivity contribution in [3.8, 4) is 0 Å². The van der Waals surface area contributed by atoms with Crippen molar-refractivity contribution in [3.63, 3.8) is 0 Å². The largest absolute Gasteiger partial charge is 0.326 e. The number of nitrogens with one attached hydrogen (secondary N) is 1. The molecule has 0 saturated heterocycles. The van der Waals surface area contributed by atoms with Crippen LogP contribution in [0.1, 0.15) is 19.2 Å². The molecule has 0 bridgehead atoms. The molecule has 1 aromatic heterocycles. The number of sulfonamides is 1. The maximum absolute atomic E-state index is 11.3. The summed E-state index contributed by atoms with van der Waals surface area (Å²) in [5, 5.41) is 0. The molecule has 1 aliphatic heterocycles. The highest BCUT2D eigenvalue weighted by Gasteiger charge is 2.19. The summed E-state index contributed by atoms with van der Waals surface area (Å²) in [4.78, 5) is 7.06. The lowest BCUT2D eigenvalue weighted by Crippen LogP contribution is -2.34. The molecule has 0 saturated carbocycles. The summed E-state index contributed by atoms with van der Waals surface area (Å²) < 4.78 is 27.3. The van der Waals surface area contributed by atoms with Crippen molar-refractivity contribution in [3.05, 3.63) is 24.0 Å². The Hall–Kier alpha value is -1.60. The molecule has 3 rings (SSSR count). The first-order chi connectivity index (χ1) is 9.96. The van der Waals surface area contributed by atoms with E-state index in [-0.39, 0.29) is 0 Å². The van der Waals surface area contributed by atoms with Gasteiger partial charge in [-0.05, 0) is 31.2 Å². The molecule has 0 amide bonds. The van der Waals surface area contributed by atoms with Gasteiger partial charge in [0.2, 0.25) is 10.0 Å².